The van der Waals surface area contributed by atoms with Crippen LogP contribution in [0.1, 0.15) is 220 Å². The molecule has 0 atom stereocenters. The largest absolute Gasteiger partial charge is 0.462 e. The molecule has 5 nitrogen and oxygen atoms in total. The van der Waals surface area contributed by atoms with Crippen molar-refractivity contribution >= 4 is 17.7 Å². The number of unbranched alkanes of at least 4 members (excludes halogenated alkanes) is 16. The van der Waals surface area contributed by atoms with E-state index in [9.17, 15) is 14.4 Å². The number of rotatable bonds is 34. The Hall–Kier alpha value is -1.39. The fourth-order valence-electron chi connectivity index (χ4n) is 5.87. The standard InChI is InChI=1S/C39H74O5/c1-5-9-13-21-29-36(30-22-14-10-6-2)43-38(41)33-25-17-19-27-35(40)28-20-18-26-34-39(42)44-37(31-23-15-11-7-3)32-24-16-12-8-4/h36-37H,5-34H2,1-4H3. The van der Waals surface area contributed by atoms with Crippen molar-refractivity contribution in [3.8, 4) is 0 Å². The van der Waals surface area contributed by atoms with Crippen LogP contribution in [0.25, 0.3) is 0 Å². The molecule has 0 heterocycles. The van der Waals surface area contributed by atoms with E-state index in [1.54, 1.807) is 0 Å². The predicted octanol–water partition coefficient (Wildman–Crippen LogP) is 12.2. The number of ether oxygens (including phenoxy) is 2. The van der Waals surface area contributed by atoms with Crippen molar-refractivity contribution in [1.29, 1.82) is 0 Å². The summed E-state index contributed by atoms with van der Waals surface area (Å²) in [4.78, 5) is 37.2. The molecule has 0 radical (unpaired) electrons. The summed E-state index contributed by atoms with van der Waals surface area (Å²) < 4.78 is 11.7. The Bertz CT molecular complexity index is 583. The highest BCUT2D eigenvalue weighted by Gasteiger charge is 2.15. The lowest BCUT2D eigenvalue weighted by molar-refractivity contribution is -0.151. The zero-order chi connectivity index (χ0) is 32.5. The van der Waals surface area contributed by atoms with Crippen molar-refractivity contribution in [2.75, 3.05) is 0 Å². The molecule has 0 unspecified atom stereocenters. The van der Waals surface area contributed by atoms with Crippen molar-refractivity contribution in [2.45, 2.75) is 233 Å². The van der Waals surface area contributed by atoms with Gasteiger partial charge in [0.2, 0.25) is 0 Å². The zero-order valence-electron chi connectivity index (χ0n) is 29.9. The Morgan fingerprint density at radius 2 is 0.636 bits per heavy atom. The van der Waals surface area contributed by atoms with E-state index in [0.29, 0.717) is 31.5 Å². The van der Waals surface area contributed by atoms with Crippen LogP contribution in [-0.4, -0.2) is 29.9 Å². The van der Waals surface area contributed by atoms with Gasteiger partial charge in [-0.2, -0.15) is 0 Å². The molecule has 0 saturated carbocycles. The lowest BCUT2D eigenvalue weighted by Crippen LogP contribution is -2.18. The SMILES string of the molecule is CCCCCCC(CCCCCC)OC(=O)CCCCCC(=O)CCCCCC(=O)OC(CCCCCC)CCCCCC. The molecule has 0 saturated heterocycles. The summed E-state index contributed by atoms with van der Waals surface area (Å²) in [6, 6.07) is 0. The van der Waals surface area contributed by atoms with E-state index in [-0.39, 0.29) is 24.1 Å². The predicted molar refractivity (Wildman–Crippen MR) is 186 cm³/mol. The van der Waals surface area contributed by atoms with Crippen LogP contribution < -0.4 is 0 Å². The number of ketones is 1. The van der Waals surface area contributed by atoms with Crippen LogP contribution in [0.3, 0.4) is 0 Å². The first kappa shape index (κ1) is 42.6. The quantitative estimate of drug-likeness (QED) is 0.0527. The van der Waals surface area contributed by atoms with Crippen LogP contribution in [0.5, 0.6) is 0 Å². The first-order valence-corrected chi connectivity index (χ1v) is 19.4. The molecule has 0 aliphatic rings. The Morgan fingerprint density at radius 3 is 0.932 bits per heavy atom. The minimum atomic E-state index is -0.0647. The molecule has 0 aromatic rings. The number of carbonyl (C=O) groups excluding carboxylic acids is 3. The van der Waals surface area contributed by atoms with Gasteiger partial charge in [0, 0.05) is 25.7 Å². The van der Waals surface area contributed by atoms with Gasteiger partial charge in [-0.05, 0) is 77.0 Å². The van der Waals surface area contributed by atoms with E-state index in [1.165, 1.54) is 77.0 Å². The molecule has 0 N–H and O–H groups in total. The summed E-state index contributed by atoms with van der Waals surface area (Å²) in [5, 5.41) is 0. The van der Waals surface area contributed by atoms with Crippen LogP contribution in [0.15, 0.2) is 0 Å². The van der Waals surface area contributed by atoms with Crippen LogP contribution in [0.4, 0.5) is 0 Å². The summed E-state index contributed by atoms with van der Waals surface area (Å²) in [5.41, 5.74) is 0. The van der Waals surface area contributed by atoms with Crippen molar-refractivity contribution in [3.05, 3.63) is 0 Å². The van der Waals surface area contributed by atoms with Gasteiger partial charge in [0.15, 0.2) is 0 Å². The molecule has 0 rings (SSSR count). The Kier molecular flexibility index (Phi) is 31.9. The highest BCUT2D eigenvalue weighted by molar-refractivity contribution is 5.78. The van der Waals surface area contributed by atoms with Gasteiger partial charge in [0.25, 0.3) is 0 Å². The molecular formula is C39H74O5. The second-order valence-electron chi connectivity index (χ2n) is 13.3. The lowest BCUT2D eigenvalue weighted by atomic mass is 10.0. The third-order valence-electron chi connectivity index (χ3n) is 8.79. The van der Waals surface area contributed by atoms with E-state index in [0.717, 1.165) is 89.9 Å². The number of esters is 2. The monoisotopic (exact) mass is 623 g/mol. The number of hydrogen-bond donors (Lipinski definition) is 0. The molecule has 0 aromatic heterocycles. The van der Waals surface area contributed by atoms with Gasteiger partial charge < -0.3 is 9.47 Å². The molecule has 44 heavy (non-hydrogen) atoms. The number of Topliss-reactive ketones (excluding diaryl/α,β-unsaturated/α-hetero) is 1. The maximum atomic E-state index is 12.5. The van der Waals surface area contributed by atoms with Crippen LogP contribution >= 0.6 is 0 Å². The van der Waals surface area contributed by atoms with E-state index in [1.807, 2.05) is 0 Å². The molecule has 0 aliphatic heterocycles. The van der Waals surface area contributed by atoms with E-state index in [4.69, 9.17) is 9.47 Å². The Balaban J connectivity index is 4.03. The topological polar surface area (TPSA) is 69.7 Å². The van der Waals surface area contributed by atoms with Gasteiger partial charge >= 0.3 is 11.9 Å². The Labute approximate surface area is 273 Å². The van der Waals surface area contributed by atoms with Crippen molar-refractivity contribution in [1.82, 2.24) is 0 Å². The molecule has 0 aliphatic carbocycles. The van der Waals surface area contributed by atoms with Gasteiger partial charge in [0.1, 0.15) is 18.0 Å². The van der Waals surface area contributed by atoms with Crippen LogP contribution in [0.2, 0.25) is 0 Å². The average Bonchev–Trinajstić information content (AvgIpc) is 3.01. The minimum Gasteiger partial charge on any atom is -0.462 e. The van der Waals surface area contributed by atoms with E-state index < -0.39 is 0 Å². The number of hydrogen-bond acceptors (Lipinski definition) is 5. The Morgan fingerprint density at radius 1 is 0.364 bits per heavy atom. The maximum Gasteiger partial charge on any atom is 0.306 e. The fourth-order valence-corrected chi connectivity index (χ4v) is 5.87. The third-order valence-corrected chi connectivity index (χ3v) is 8.79. The molecule has 260 valence electrons. The van der Waals surface area contributed by atoms with E-state index >= 15 is 0 Å². The summed E-state index contributed by atoms with van der Waals surface area (Å²) in [6.45, 7) is 8.88. The van der Waals surface area contributed by atoms with Crippen molar-refractivity contribution < 1.29 is 23.9 Å². The first-order chi connectivity index (χ1) is 21.5. The fraction of sp³-hybridized carbons (Fsp3) is 0.923. The van der Waals surface area contributed by atoms with E-state index in [2.05, 4.69) is 27.7 Å². The average molecular weight is 623 g/mol. The van der Waals surface area contributed by atoms with Crippen molar-refractivity contribution in [3.63, 3.8) is 0 Å². The second-order valence-corrected chi connectivity index (χ2v) is 13.3. The smallest absolute Gasteiger partial charge is 0.306 e. The zero-order valence-corrected chi connectivity index (χ0v) is 29.9. The lowest BCUT2D eigenvalue weighted by Gasteiger charge is -2.18. The summed E-state index contributed by atoms with van der Waals surface area (Å²) in [6.07, 6.45) is 30.6. The molecular weight excluding hydrogens is 548 g/mol. The van der Waals surface area contributed by atoms with Crippen LogP contribution in [0, 0.1) is 0 Å². The van der Waals surface area contributed by atoms with Crippen LogP contribution in [-0.2, 0) is 23.9 Å². The third kappa shape index (κ3) is 29.3. The molecule has 0 fully saturated rings. The molecule has 0 spiro atoms. The second kappa shape index (κ2) is 33.0. The van der Waals surface area contributed by atoms with Gasteiger partial charge in [0.05, 0.1) is 0 Å². The van der Waals surface area contributed by atoms with Gasteiger partial charge in [-0.25, -0.2) is 0 Å². The maximum absolute atomic E-state index is 12.5. The minimum absolute atomic E-state index is 0.0647. The highest BCUT2D eigenvalue weighted by Crippen LogP contribution is 2.19. The highest BCUT2D eigenvalue weighted by atomic mass is 16.5. The van der Waals surface area contributed by atoms with Crippen molar-refractivity contribution in [2.24, 2.45) is 0 Å². The summed E-state index contributed by atoms with van der Waals surface area (Å²) in [7, 11) is 0. The first-order valence-electron chi connectivity index (χ1n) is 19.4. The molecule has 0 amide bonds. The summed E-state index contributed by atoms with van der Waals surface area (Å²) >= 11 is 0. The molecule has 0 bridgehead atoms. The molecule has 0 aromatic carbocycles. The molecule has 5 heteroatoms. The van der Waals surface area contributed by atoms with Gasteiger partial charge in [-0.3, -0.25) is 14.4 Å². The normalized spacial score (nSPS) is 11.4. The van der Waals surface area contributed by atoms with Gasteiger partial charge in [-0.1, -0.05) is 118 Å². The summed E-state index contributed by atoms with van der Waals surface area (Å²) in [5.74, 6) is 0.170. The number of carbonyl (C=O) groups is 3. The van der Waals surface area contributed by atoms with Gasteiger partial charge in [-0.15, -0.1) is 0 Å².